The van der Waals surface area contributed by atoms with E-state index in [1.54, 1.807) is 4.31 Å². The summed E-state index contributed by atoms with van der Waals surface area (Å²) in [5, 5.41) is 4.17. The minimum atomic E-state index is -3.70. The Morgan fingerprint density at radius 1 is 1.08 bits per heavy atom. The summed E-state index contributed by atoms with van der Waals surface area (Å²) in [6, 6.07) is 15.5. The van der Waals surface area contributed by atoms with Crippen LogP contribution in [0, 0.1) is 6.92 Å². The molecule has 1 aliphatic rings. The summed E-state index contributed by atoms with van der Waals surface area (Å²) in [5.41, 5.74) is 3.45. The van der Waals surface area contributed by atoms with Crippen LogP contribution in [0.4, 0.5) is 5.69 Å². The van der Waals surface area contributed by atoms with Gasteiger partial charge in [-0.1, -0.05) is 36.4 Å². The van der Waals surface area contributed by atoms with Crippen LogP contribution in [-0.4, -0.2) is 25.6 Å². The van der Waals surface area contributed by atoms with E-state index in [1.807, 2.05) is 74.0 Å². The van der Waals surface area contributed by atoms with Crippen LogP contribution >= 0.6 is 0 Å². The first-order chi connectivity index (χ1) is 12.4. The smallest absolute Gasteiger partial charge is 0.266 e. The number of nitrogens with zero attached hydrogens (tertiary/aromatic N) is 2. The number of rotatable bonds is 2. The van der Waals surface area contributed by atoms with Crippen molar-refractivity contribution < 1.29 is 8.42 Å². The van der Waals surface area contributed by atoms with Crippen molar-refractivity contribution in [3.63, 3.8) is 0 Å². The summed E-state index contributed by atoms with van der Waals surface area (Å²) >= 11 is 0. The Hall–Kier alpha value is -2.31. The van der Waals surface area contributed by atoms with E-state index in [4.69, 9.17) is 0 Å². The summed E-state index contributed by atoms with van der Waals surface area (Å²) in [6.45, 7) is 4.96. The van der Waals surface area contributed by atoms with Gasteiger partial charge in [0.15, 0.2) is 0 Å². The molecule has 136 valence electrons. The van der Waals surface area contributed by atoms with Gasteiger partial charge in [-0.15, -0.1) is 0 Å². The maximum absolute atomic E-state index is 13.8. The highest BCUT2D eigenvalue weighted by Gasteiger charge is 2.33. The fraction of sp³-hybridized carbons (Fsp3) is 0.300. The lowest BCUT2D eigenvalue weighted by molar-refractivity contribution is 0.556. The summed E-state index contributed by atoms with van der Waals surface area (Å²) in [6.07, 6.45) is 0. The molecule has 2 heterocycles. The van der Waals surface area contributed by atoms with Crippen LogP contribution in [0.15, 0.2) is 53.4 Å². The van der Waals surface area contributed by atoms with Crippen molar-refractivity contribution in [1.29, 1.82) is 0 Å². The minimum Gasteiger partial charge on any atom is -0.347 e. The first-order valence-electron chi connectivity index (χ1n) is 8.79. The Bertz CT molecular complexity index is 1090. The largest absolute Gasteiger partial charge is 0.347 e. The average Bonchev–Trinajstić information content (AvgIpc) is 2.78. The number of sulfonamides is 1. The number of aryl methyl sites for hydroxylation is 1. The summed E-state index contributed by atoms with van der Waals surface area (Å²) in [4.78, 5) is 0.402. The van der Waals surface area contributed by atoms with E-state index < -0.39 is 10.0 Å². The molecule has 1 unspecified atom stereocenters. The monoisotopic (exact) mass is 369 g/mol. The molecule has 1 N–H and O–H groups in total. The van der Waals surface area contributed by atoms with Gasteiger partial charge in [0.05, 0.1) is 5.69 Å². The first-order valence-corrected chi connectivity index (χ1v) is 10.2. The molecule has 1 atom stereocenters. The molecule has 0 amide bonds. The third-order valence-corrected chi connectivity index (χ3v) is 7.19. The molecule has 3 aromatic rings. The van der Waals surface area contributed by atoms with Crippen LogP contribution in [0.1, 0.15) is 18.2 Å². The van der Waals surface area contributed by atoms with Gasteiger partial charge in [-0.25, -0.2) is 8.42 Å². The number of benzene rings is 2. The van der Waals surface area contributed by atoms with E-state index in [0.29, 0.717) is 18.0 Å². The molecule has 6 heteroatoms. The molecule has 1 aromatic heterocycles. The van der Waals surface area contributed by atoms with Gasteiger partial charge in [0, 0.05) is 42.8 Å². The second kappa shape index (κ2) is 6.14. The fourth-order valence-corrected chi connectivity index (χ4v) is 5.79. The maximum atomic E-state index is 13.8. The molecule has 0 saturated carbocycles. The highest BCUT2D eigenvalue weighted by atomic mass is 32.2. The predicted octanol–water partition coefficient (Wildman–Crippen LogP) is 3.17. The second-order valence-corrected chi connectivity index (χ2v) is 8.74. The zero-order valence-electron chi connectivity index (χ0n) is 15.2. The molecule has 26 heavy (non-hydrogen) atoms. The molecule has 0 radical (unpaired) electrons. The van der Waals surface area contributed by atoms with Gasteiger partial charge in [-0.2, -0.15) is 0 Å². The lowest BCUT2D eigenvalue weighted by Gasteiger charge is -2.26. The first kappa shape index (κ1) is 17.1. The molecule has 1 aliphatic heterocycles. The van der Waals surface area contributed by atoms with Crippen LogP contribution in [0.5, 0.6) is 0 Å². The molecule has 4 rings (SSSR count). The number of nitrogens with one attached hydrogen (secondary N) is 1. The highest BCUT2D eigenvalue weighted by molar-refractivity contribution is 7.93. The average molecular weight is 369 g/mol. The van der Waals surface area contributed by atoms with E-state index in [0.717, 1.165) is 27.8 Å². The standard InChI is InChI=1S/C20H23N3O2S/c1-14-13-23(18-10-6-4-8-16(18)12-21-14)26(24,25)20-15(2)22(3)19-11-7-5-9-17(19)20/h4-11,14,21H,12-13H2,1-3H3. The molecule has 5 nitrogen and oxygen atoms in total. The van der Waals surface area contributed by atoms with Crippen molar-refractivity contribution in [3.8, 4) is 0 Å². The predicted molar refractivity (Wildman–Crippen MR) is 105 cm³/mol. The SMILES string of the molecule is Cc1c(S(=O)(=O)N2CC(C)NCc3ccccc32)c2ccccc2n1C. The zero-order valence-corrected chi connectivity index (χ0v) is 16.0. The lowest BCUT2D eigenvalue weighted by atomic mass is 10.2. The Morgan fingerprint density at radius 2 is 1.77 bits per heavy atom. The van der Waals surface area contributed by atoms with E-state index in [9.17, 15) is 8.42 Å². The van der Waals surface area contributed by atoms with Gasteiger partial charge < -0.3 is 9.88 Å². The van der Waals surface area contributed by atoms with Crippen LogP contribution < -0.4 is 9.62 Å². The summed E-state index contributed by atoms with van der Waals surface area (Å²) in [7, 11) is -1.78. The van der Waals surface area contributed by atoms with E-state index >= 15 is 0 Å². The summed E-state index contributed by atoms with van der Waals surface area (Å²) in [5.74, 6) is 0. The van der Waals surface area contributed by atoms with Crippen molar-refractivity contribution in [2.75, 3.05) is 10.8 Å². The van der Waals surface area contributed by atoms with Crippen molar-refractivity contribution in [1.82, 2.24) is 9.88 Å². The van der Waals surface area contributed by atoms with E-state index in [1.165, 1.54) is 0 Å². The normalized spacial score (nSPS) is 18.0. The Morgan fingerprint density at radius 3 is 2.58 bits per heavy atom. The highest BCUT2D eigenvalue weighted by Crippen LogP contribution is 2.35. The van der Waals surface area contributed by atoms with Crippen molar-refractivity contribution >= 4 is 26.6 Å². The number of aromatic nitrogens is 1. The van der Waals surface area contributed by atoms with Crippen LogP contribution in [0.2, 0.25) is 0 Å². The van der Waals surface area contributed by atoms with Crippen LogP contribution in [0.3, 0.4) is 0 Å². The topological polar surface area (TPSA) is 54.3 Å². The van der Waals surface area contributed by atoms with Gasteiger partial charge in [-0.3, -0.25) is 4.31 Å². The fourth-order valence-electron chi connectivity index (χ4n) is 3.75. The van der Waals surface area contributed by atoms with E-state index in [-0.39, 0.29) is 6.04 Å². The Kier molecular flexibility index (Phi) is 4.04. The number of hydrogen-bond acceptors (Lipinski definition) is 3. The van der Waals surface area contributed by atoms with Crippen molar-refractivity contribution in [2.24, 2.45) is 7.05 Å². The van der Waals surface area contributed by atoms with Gasteiger partial charge in [0.2, 0.25) is 0 Å². The van der Waals surface area contributed by atoms with Gasteiger partial charge >= 0.3 is 0 Å². The molecular formula is C20H23N3O2S. The summed E-state index contributed by atoms with van der Waals surface area (Å²) < 4.78 is 31.1. The number of para-hydroxylation sites is 2. The Labute approximate surface area is 154 Å². The molecular weight excluding hydrogens is 346 g/mol. The molecule has 0 saturated heterocycles. The molecule has 0 aliphatic carbocycles. The van der Waals surface area contributed by atoms with Crippen molar-refractivity contribution in [3.05, 3.63) is 59.8 Å². The van der Waals surface area contributed by atoms with Gasteiger partial charge in [0.25, 0.3) is 10.0 Å². The molecule has 2 aromatic carbocycles. The maximum Gasteiger partial charge on any atom is 0.266 e. The number of anilines is 1. The minimum absolute atomic E-state index is 0.0625. The van der Waals surface area contributed by atoms with E-state index in [2.05, 4.69) is 5.32 Å². The van der Waals surface area contributed by atoms with Crippen molar-refractivity contribution in [2.45, 2.75) is 31.3 Å². The van der Waals surface area contributed by atoms with Gasteiger partial charge in [0.1, 0.15) is 4.90 Å². The third kappa shape index (κ3) is 2.52. The second-order valence-electron chi connectivity index (χ2n) is 6.94. The van der Waals surface area contributed by atoms with Crippen LogP contribution in [-0.2, 0) is 23.6 Å². The molecule has 0 bridgehead atoms. The lowest BCUT2D eigenvalue weighted by Crippen LogP contribution is -2.39. The quantitative estimate of drug-likeness (QED) is 0.755. The molecule has 0 fully saturated rings. The zero-order chi connectivity index (χ0) is 18.5. The Balaban J connectivity index is 1.97. The molecule has 0 spiro atoms. The van der Waals surface area contributed by atoms with Crippen LogP contribution in [0.25, 0.3) is 10.9 Å². The number of hydrogen-bond donors (Lipinski definition) is 1. The number of fused-ring (bicyclic) bond motifs is 2. The third-order valence-electron chi connectivity index (χ3n) is 5.23. The van der Waals surface area contributed by atoms with Gasteiger partial charge in [-0.05, 0) is 31.5 Å².